The summed E-state index contributed by atoms with van der Waals surface area (Å²) in [6.45, 7) is 2.11. The van der Waals surface area contributed by atoms with Crippen molar-refractivity contribution in [3.8, 4) is 11.1 Å². The van der Waals surface area contributed by atoms with Crippen LogP contribution >= 0.6 is 0 Å². The van der Waals surface area contributed by atoms with E-state index in [2.05, 4.69) is 34.9 Å². The molecule has 0 bridgehead atoms. The number of ether oxygens (including phenoxy) is 1. The van der Waals surface area contributed by atoms with Crippen LogP contribution in [0, 0.1) is 5.92 Å². The normalized spacial score (nSPS) is 20.1. The Morgan fingerprint density at radius 1 is 0.971 bits per heavy atom. The van der Waals surface area contributed by atoms with Crippen molar-refractivity contribution in [3.05, 3.63) is 59.7 Å². The Bertz CT molecular complexity index is 1020. The summed E-state index contributed by atoms with van der Waals surface area (Å²) in [7, 11) is 0. The highest BCUT2D eigenvalue weighted by atomic mass is 16.5. The van der Waals surface area contributed by atoms with Gasteiger partial charge in [0.25, 0.3) is 0 Å². The number of nitrogens with one attached hydrogen (secondary N) is 2. The average Bonchev–Trinajstić information content (AvgIpc) is 2.98. The molecule has 7 nitrogen and oxygen atoms in total. The van der Waals surface area contributed by atoms with Crippen LogP contribution in [-0.4, -0.2) is 41.8 Å². The van der Waals surface area contributed by atoms with Gasteiger partial charge in [0.15, 0.2) is 0 Å². The molecule has 3 atom stereocenters. The molecule has 1 fully saturated rings. The van der Waals surface area contributed by atoms with Crippen LogP contribution in [0.3, 0.4) is 0 Å². The van der Waals surface area contributed by atoms with Crippen molar-refractivity contribution in [2.24, 2.45) is 5.92 Å². The monoisotopic (exact) mass is 478 g/mol. The molecule has 0 aliphatic heterocycles. The van der Waals surface area contributed by atoms with Crippen LogP contribution < -0.4 is 10.6 Å². The minimum absolute atomic E-state index is 0.0280. The molecule has 2 aliphatic carbocycles. The summed E-state index contributed by atoms with van der Waals surface area (Å²) in [6, 6.07) is 15.6. The lowest BCUT2D eigenvalue weighted by Crippen LogP contribution is -2.45. The van der Waals surface area contributed by atoms with Gasteiger partial charge < -0.3 is 20.5 Å². The topological polar surface area (TPSA) is 105 Å². The third kappa shape index (κ3) is 5.84. The predicted molar refractivity (Wildman–Crippen MR) is 133 cm³/mol. The number of carbonyl (C=O) groups excluding carboxylic acids is 2. The number of fused-ring (bicyclic) bond motifs is 3. The zero-order valence-electron chi connectivity index (χ0n) is 20.2. The summed E-state index contributed by atoms with van der Waals surface area (Å²) in [5.41, 5.74) is 4.62. The van der Waals surface area contributed by atoms with Crippen LogP contribution in [0.2, 0.25) is 0 Å². The minimum Gasteiger partial charge on any atom is -0.481 e. The third-order valence-corrected chi connectivity index (χ3v) is 7.27. The number of benzene rings is 2. The first-order valence-electron chi connectivity index (χ1n) is 12.6. The van der Waals surface area contributed by atoms with E-state index in [1.807, 2.05) is 31.2 Å². The molecule has 0 spiro atoms. The fourth-order valence-electron chi connectivity index (χ4n) is 5.37. The molecule has 0 saturated heterocycles. The van der Waals surface area contributed by atoms with Crippen molar-refractivity contribution >= 4 is 18.0 Å². The van der Waals surface area contributed by atoms with E-state index in [4.69, 9.17) is 4.74 Å². The highest BCUT2D eigenvalue weighted by Crippen LogP contribution is 2.44. The lowest BCUT2D eigenvalue weighted by Gasteiger charge is -2.24. The summed E-state index contributed by atoms with van der Waals surface area (Å²) in [4.78, 5) is 36.9. The van der Waals surface area contributed by atoms with Crippen LogP contribution in [0.5, 0.6) is 0 Å². The van der Waals surface area contributed by atoms with Crippen molar-refractivity contribution in [1.29, 1.82) is 0 Å². The van der Waals surface area contributed by atoms with Gasteiger partial charge >= 0.3 is 12.1 Å². The Kier molecular flexibility index (Phi) is 8.06. The Labute approximate surface area is 206 Å². The molecular formula is C28H34N2O5. The van der Waals surface area contributed by atoms with E-state index in [1.54, 1.807) is 0 Å². The molecule has 1 unspecified atom stereocenters. The van der Waals surface area contributed by atoms with E-state index in [1.165, 1.54) is 11.1 Å². The molecule has 0 radical (unpaired) electrons. The summed E-state index contributed by atoms with van der Waals surface area (Å²) >= 11 is 0. The molecule has 186 valence electrons. The van der Waals surface area contributed by atoms with Crippen LogP contribution in [0.15, 0.2) is 48.5 Å². The zero-order valence-corrected chi connectivity index (χ0v) is 20.2. The van der Waals surface area contributed by atoms with E-state index in [0.717, 1.165) is 30.4 Å². The zero-order chi connectivity index (χ0) is 24.8. The maximum absolute atomic E-state index is 12.7. The van der Waals surface area contributed by atoms with Gasteiger partial charge in [-0.15, -0.1) is 0 Å². The predicted octanol–water partition coefficient (Wildman–Crippen LogP) is 4.84. The van der Waals surface area contributed by atoms with E-state index >= 15 is 0 Å². The van der Waals surface area contributed by atoms with Crippen molar-refractivity contribution in [2.45, 2.75) is 69.9 Å². The Balaban J connectivity index is 1.31. The molecule has 2 amide bonds. The number of amides is 2. The maximum Gasteiger partial charge on any atom is 0.407 e. The second-order valence-electron chi connectivity index (χ2n) is 9.54. The molecule has 1 saturated carbocycles. The van der Waals surface area contributed by atoms with Crippen LogP contribution in [-0.2, 0) is 14.3 Å². The van der Waals surface area contributed by atoms with Crippen LogP contribution in [0.1, 0.15) is 68.9 Å². The highest BCUT2D eigenvalue weighted by Gasteiger charge is 2.32. The second kappa shape index (κ2) is 11.4. The standard InChI is InChI=1S/C28H34N2O5/c1-2-18(16-26(31)30-25-15-5-3-4-14-23(25)27(32)33)29-28(34)35-17-24-21-12-8-6-10-19(21)20-11-7-9-13-22(20)24/h6-13,18,23-25H,2-5,14-17H2,1H3,(H,29,34)(H,30,31)(H,32,33)/t18?,23-,25+/m1/s1. The van der Waals surface area contributed by atoms with E-state index in [-0.39, 0.29) is 36.9 Å². The summed E-state index contributed by atoms with van der Waals surface area (Å²) in [5, 5.41) is 15.3. The Hall–Kier alpha value is -3.35. The first kappa shape index (κ1) is 24.8. The maximum atomic E-state index is 12.7. The summed E-state index contributed by atoms with van der Waals surface area (Å²) < 4.78 is 5.61. The first-order chi connectivity index (χ1) is 17.0. The van der Waals surface area contributed by atoms with Crippen molar-refractivity contribution in [3.63, 3.8) is 0 Å². The average molecular weight is 479 g/mol. The van der Waals surface area contributed by atoms with Crippen molar-refractivity contribution in [1.82, 2.24) is 10.6 Å². The van der Waals surface area contributed by atoms with Gasteiger partial charge in [-0.1, -0.05) is 74.7 Å². The number of hydrogen-bond acceptors (Lipinski definition) is 4. The molecular weight excluding hydrogens is 444 g/mol. The van der Waals surface area contributed by atoms with Crippen molar-refractivity contribution in [2.75, 3.05) is 6.61 Å². The number of carboxylic acid groups (broad SMARTS) is 1. The van der Waals surface area contributed by atoms with Gasteiger partial charge in [-0.25, -0.2) is 4.79 Å². The Morgan fingerprint density at radius 3 is 2.23 bits per heavy atom. The third-order valence-electron chi connectivity index (χ3n) is 7.27. The van der Waals surface area contributed by atoms with Crippen molar-refractivity contribution < 1.29 is 24.2 Å². The number of hydrogen-bond donors (Lipinski definition) is 3. The lowest BCUT2D eigenvalue weighted by molar-refractivity contribution is -0.143. The largest absolute Gasteiger partial charge is 0.481 e. The number of alkyl carbamates (subject to hydrolysis) is 1. The van der Waals surface area contributed by atoms with Gasteiger partial charge in [0, 0.05) is 24.4 Å². The van der Waals surface area contributed by atoms with Crippen LogP contribution in [0.4, 0.5) is 4.79 Å². The molecule has 2 aliphatic rings. The number of aliphatic carboxylic acids is 1. The smallest absolute Gasteiger partial charge is 0.407 e. The van der Waals surface area contributed by atoms with Gasteiger partial charge in [0.2, 0.25) is 5.91 Å². The minimum atomic E-state index is -0.860. The van der Waals surface area contributed by atoms with Gasteiger partial charge in [-0.3, -0.25) is 9.59 Å². The molecule has 3 N–H and O–H groups in total. The van der Waals surface area contributed by atoms with Gasteiger partial charge in [-0.2, -0.15) is 0 Å². The molecule has 0 heterocycles. The molecule has 7 heteroatoms. The SMILES string of the molecule is CCC(CC(=O)N[C@H]1CCCCC[C@H]1C(=O)O)NC(=O)OCC1c2ccccc2-c2ccccc21. The summed E-state index contributed by atoms with van der Waals surface area (Å²) in [5.74, 6) is -1.69. The lowest BCUT2D eigenvalue weighted by atomic mass is 9.94. The molecule has 2 aromatic rings. The molecule has 2 aromatic carbocycles. The first-order valence-corrected chi connectivity index (χ1v) is 12.6. The second-order valence-corrected chi connectivity index (χ2v) is 9.54. The van der Waals surface area contributed by atoms with E-state index < -0.39 is 18.0 Å². The molecule has 4 rings (SSSR count). The summed E-state index contributed by atoms with van der Waals surface area (Å²) in [6.07, 6.45) is 4.10. The van der Waals surface area contributed by atoms with Gasteiger partial charge in [-0.05, 0) is 41.5 Å². The molecule has 35 heavy (non-hydrogen) atoms. The number of carboxylic acids is 1. The van der Waals surface area contributed by atoms with Crippen LogP contribution in [0.25, 0.3) is 11.1 Å². The fraction of sp³-hybridized carbons (Fsp3) is 0.464. The van der Waals surface area contributed by atoms with Gasteiger partial charge in [0.1, 0.15) is 6.61 Å². The van der Waals surface area contributed by atoms with E-state index in [9.17, 15) is 19.5 Å². The number of rotatable bonds is 8. The number of carbonyl (C=O) groups is 3. The Morgan fingerprint density at radius 2 is 1.60 bits per heavy atom. The fourth-order valence-corrected chi connectivity index (χ4v) is 5.37. The highest BCUT2D eigenvalue weighted by molar-refractivity contribution is 5.80. The molecule has 0 aromatic heterocycles. The quantitative estimate of drug-likeness (QED) is 0.471. The van der Waals surface area contributed by atoms with E-state index in [0.29, 0.717) is 19.3 Å². The van der Waals surface area contributed by atoms with Gasteiger partial charge in [0.05, 0.1) is 5.92 Å².